The summed E-state index contributed by atoms with van der Waals surface area (Å²) in [7, 11) is 0. The maximum absolute atomic E-state index is 11.4. The number of benzene rings is 2. The number of nitrogens with zero attached hydrogens (tertiary/aromatic N) is 5. The molecule has 1 fully saturated rings. The zero-order valence-corrected chi connectivity index (χ0v) is 21.8. The molecule has 5 aromatic rings. The highest BCUT2D eigenvalue weighted by atomic mass is 16.3. The molecule has 1 aliphatic heterocycles. The number of hydrogen-bond acceptors (Lipinski definition) is 6. The predicted molar refractivity (Wildman–Crippen MR) is 151 cm³/mol. The SMILES string of the molecule is Cc1ccc(C)c(Cn2c(C(O)c3ccncc3)nc3ccc(-c4ccc(N5CCNCC5)nc4)cc32)c1. The first-order valence-electron chi connectivity index (χ1n) is 13.1. The number of fused-ring (bicyclic) bond motifs is 1. The van der Waals surface area contributed by atoms with Gasteiger partial charge in [0.2, 0.25) is 0 Å². The van der Waals surface area contributed by atoms with Gasteiger partial charge in [0.15, 0.2) is 0 Å². The molecule has 7 nitrogen and oxygen atoms in total. The van der Waals surface area contributed by atoms with Gasteiger partial charge >= 0.3 is 0 Å². The van der Waals surface area contributed by atoms with Crippen molar-refractivity contribution < 1.29 is 5.11 Å². The minimum Gasteiger partial charge on any atom is -0.380 e. The van der Waals surface area contributed by atoms with Crippen LogP contribution in [0, 0.1) is 13.8 Å². The van der Waals surface area contributed by atoms with Gasteiger partial charge < -0.3 is 19.9 Å². The molecule has 7 heteroatoms. The lowest BCUT2D eigenvalue weighted by Gasteiger charge is -2.28. The number of rotatable bonds is 6. The van der Waals surface area contributed by atoms with E-state index >= 15 is 0 Å². The average Bonchev–Trinajstić information content (AvgIpc) is 3.33. The van der Waals surface area contributed by atoms with Gasteiger partial charge in [0, 0.05) is 56.9 Å². The second-order valence-corrected chi connectivity index (χ2v) is 10.0. The third kappa shape index (κ3) is 4.78. The molecular weight excluding hydrogens is 472 g/mol. The number of aliphatic hydroxyl groups is 1. The van der Waals surface area contributed by atoms with Gasteiger partial charge in [-0.15, -0.1) is 0 Å². The lowest BCUT2D eigenvalue weighted by atomic mass is 10.0. The summed E-state index contributed by atoms with van der Waals surface area (Å²) in [4.78, 5) is 16.1. The normalized spacial score (nSPS) is 14.7. The largest absolute Gasteiger partial charge is 0.380 e. The molecule has 1 saturated heterocycles. The molecule has 1 aliphatic rings. The zero-order chi connectivity index (χ0) is 26.1. The van der Waals surface area contributed by atoms with Gasteiger partial charge in [-0.2, -0.15) is 0 Å². The summed E-state index contributed by atoms with van der Waals surface area (Å²) in [6.45, 7) is 8.76. The Morgan fingerprint density at radius 1 is 0.921 bits per heavy atom. The smallest absolute Gasteiger partial charge is 0.143 e. The molecule has 192 valence electrons. The third-order valence-corrected chi connectivity index (χ3v) is 7.40. The molecule has 1 atom stereocenters. The number of aromatic nitrogens is 4. The summed E-state index contributed by atoms with van der Waals surface area (Å²) >= 11 is 0. The van der Waals surface area contributed by atoms with Crippen LogP contribution >= 0.6 is 0 Å². The lowest BCUT2D eigenvalue weighted by molar-refractivity contribution is 0.206. The number of imidazole rings is 1. The molecule has 4 heterocycles. The van der Waals surface area contributed by atoms with Crippen molar-refractivity contribution >= 4 is 16.9 Å². The summed E-state index contributed by atoms with van der Waals surface area (Å²) in [5, 5.41) is 14.8. The highest BCUT2D eigenvalue weighted by Gasteiger charge is 2.21. The highest BCUT2D eigenvalue weighted by molar-refractivity contribution is 5.83. The standard InChI is InChI=1S/C31H32N6O/c1-21-3-4-22(2)26(17-21)20-37-28-18-24(25-6-8-29(34-19-25)36-15-13-33-14-16-36)5-7-27(28)35-31(37)30(38)23-9-11-32-12-10-23/h3-12,17-19,30,33,38H,13-16,20H2,1-2H3. The lowest BCUT2D eigenvalue weighted by Crippen LogP contribution is -2.43. The number of anilines is 1. The Balaban J connectivity index is 1.42. The summed E-state index contributed by atoms with van der Waals surface area (Å²) < 4.78 is 2.15. The fourth-order valence-electron chi connectivity index (χ4n) is 5.17. The van der Waals surface area contributed by atoms with Gasteiger partial charge in [0.1, 0.15) is 17.7 Å². The number of aliphatic hydroxyl groups excluding tert-OH is 1. The minimum absolute atomic E-state index is 0.616. The van der Waals surface area contributed by atoms with E-state index in [0.717, 1.165) is 59.7 Å². The van der Waals surface area contributed by atoms with Crippen LogP contribution in [0.15, 0.2) is 79.3 Å². The van der Waals surface area contributed by atoms with Crippen molar-refractivity contribution in [2.75, 3.05) is 31.1 Å². The second kappa shape index (κ2) is 10.4. The van der Waals surface area contributed by atoms with E-state index in [4.69, 9.17) is 9.97 Å². The highest BCUT2D eigenvalue weighted by Crippen LogP contribution is 2.31. The summed E-state index contributed by atoms with van der Waals surface area (Å²) in [6, 6.07) is 20.7. The van der Waals surface area contributed by atoms with Gasteiger partial charge in [-0.3, -0.25) is 4.98 Å². The fourth-order valence-corrected chi connectivity index (χ4v) is 5.17. The fraction of sp³-hybridized carbons (Fsp3) is 0.258. The van der Waals surface area contributed by atoms with E-state index in [0.29, 0.717) is 12.4 Å². The van der Waals surface area contributed by atoms with Crippen LogP contribution in [-0.2, 0) is 6.54 Å². The van der Waals surface area contributed by atoms with E-state index in [1.54, 1.807) is 12.4 Å². The number of pyridine rings is 2. The van der Waals surface area contributed by atoms with Crippen molar-refractivity contribution in [2.24, 2.45) is 0 Å². The van der Waals surface area contributed by atoms with Crippen LogP contribution in [0.3, 0.4) is 0 Å². The summed E-state index contributed by atoms with van der Waals surface area (Å²) in [5.41, 5.74) is 8.37. The number of aryl methyl sites for hydroxylation is 2. The van der Waals surface area contributed by atoms with Crippen LogP contribution in [0.5, 0.6) is 0 Å². The molecule has 0 radical (unpaired) electrons. The Bertz CT molecular complexity index is 1560. The van der Waals surface area contributed by atoms with Crippen molar-refractivity contribution in [1.29, 1.82) is 0 Å². The molecule has 0 aliphatic carbocycles. The summed E-state index contributed by atoms with van der Waals surface area (Å²) in [5.74, 6) is 1.63. The second-order valence-electron chi connectivity index (χ2n) is 10.0. The Labute approximate surface area is 222 Å². The first-order chi connectivity index (χ1) is 18.6. The van der Waals surface area contributed by atoms with Gasteiger partial charge in [-0.1, -0.05) is 29.8 Å². The Hall–Kier alpha value is -4.07. The molecule has 2 aromatic carbocycles. The molecule has 0 amide bonds. The van der Waals surface area contributed by atoms with E-state index in [9.17, 15) is 5.11 Å². The molecule has 1 unspecified atom stereocenters. The van der Waals surface area contributed by atoms with Crippen LogP contribution in [0.1, 0.15) is 34.2 Å². The molecule has 38 heavy (non-hydrogen) atoms. The van der Waals surface area contributed by atoms with Crippen LogP contribution < -0.4 is 10.2 Å². The van der Waals surface area contributed by atoms with Crippen LogP contribution in [0.2, 0.25) is 0 Å². The molecule has 6 rings (SSSR count). The van der Waals surface area contributed by atoms with Crippen molar-refractivity contribution in [3.63, 3.8) is 0 Å². The molecule has 2 N–H and O–H groups in total. The van der Waals surface area contributed by atoms with E-state index in [1.165, 1.54) is 16.7 Å². The molecule has 0 spiro atoms. The molecule has 0 bridgehead atoms. The third-order valence-electron chi connectivity index (χ3n) is 7.40. The maximum atomic E-state index is 11.4. The number of hydrogen-bond donors (Lipinski definition) is 2. The van der Waals surface area contributed by atoms with E-state index in [2.05, 4.69) is 76.1 Å². The summed E-state index contributed by atoms with van der Waals surface area (Å²) in [6.07, 6.45) is 4.49. The van der Waals surface area contributed by atoms with Crippen molar-refractivity contribution in [3.05, 3.63) is 107 Å². The zero-order valence-electron chi connectivity index (χ0n) is 21.8. The predicted octanol–water partition coefficient (Wildman–Crippen LogP) is 4.65. The van der Waals surface area contributed by atoms with E-state index in [-0.39, 0.29) is 0 Å². The monoisotopic (exact) mass is 504 g/mol. The quantitative estimate of drug-likeness (QED) is 0.351. The Kier molecular flexibility index (Phi) is 6.62. The first-order valence-corrected chi connectivity index (χ1v) is 13.1. The Morgan fingerprint density at radius 2 is 1.71 bits per heavy atom. The van der Waals surface area contributed by atoms with Crippen molar-refractivity contribution in [2.45, 2.75) is 26.5 Å². The Morgan fingerprint density at radius 3 is 2.47 bits per heavy atom. The first kappa shape index (κ1) is 24.3. The van der Waals surface area contributed by atoms with Gasteiger partial charge in [0.25, 0.3) is 0 Å². The van der Waals surface area contributed by atoms with E-state index in [1.807, 2.05) is 24.4 Å². The van der Waals surface area contributed by atoms with Gasteiger partial charge in [0.05, 0.1) is 11.0 Å². The van der Waals surface area contributed by atoms with Crippen molar-refractivity contribution in [1.82, 2.24) is 24.8 Å². The van der Waals surface area contributed by atoms with Crippen LogP contribution in [-0.4, -0.2) is 50.8 Å². The number of piperazine rings is 1. The average molecular weight is 505 g/mol. The van der Waals surface area contributed by atoms with E-state index < -0.39 is 6.10 Å². The van der Waals surface area contributed by atoms with Crippen molar-refractivity contribution in [3.8, 4) is 11.1 Å². The van der Waals surface area contributed by atoms with Gasteiger partial charge in [-0.25, -0.2) is 9.97 Å². The molecule has 0 saturated carbocycles. The number of nitrogens with one attached hydrogen (secondary N) is 1. The van der Waals surface area contributed by atoms with Crippen LogP contribution in [0.4, 0.5) is 5.82 Å². The molecule has 3 aromatic heterocycles. The van der Waals surface area contributed by atoms with Crippen LogP contribution in [0.25, 0.3) is 22.2 Å². The topological polar surface area (TPSA) is 79.1 Å². The van der Waals surface area contributed by atoms with Gasteiger partial charge in [-0.05, 0) is 72.5 Å². The minimum atomic E-state index is -0.862. The molecular formula is C31H32N6O. The maximum Gasteiger partial charge on any atom is 0.143 e.